The van der Waals surface area contributed by atoms with E-state index in [1.54, 1.807) is 0 Å². The number of benzene rings is 1. The zero-order valence-electron chi connectivity index (χ0n) is 9.53. The molecule has 1 unspecified atom stereocenters. The Morgan fingerprint density at radius 1 is 1.27 bits per heavy atom. The van der Waals surface area contributed by atoms with Crippen LogP contribution in [0.1, 0.15) is 29.7 Å². The molecule has 1 atom stereocenters. The first-order chi connectivity index (χ1) is 6.79. The van der Waals surface area contributed by atoms with Gasteiger partial charge in [0, 0.05) is 6.04 Å². The van der Waals surface area contributed by atoms with Crippen LogP contribution in [-0.4, -0.2) is 14.7 Å². The van der Waals surface area contributed by atoms with Gasteiger partial charge >= 0.3 is 0 Å². The Balaban J connectivity index is 3.00. The maximum Gasteiger partial charge on any atom is 0.209 e. The van der Waals surface area contributed by atoms with Crippen molar-refractivity contribution in [2.75, 3.05) is 6.26 Å². The molecule has 0 radical (unpaired) electrons. The predicted octanol–water partition coefficient (Wildman–Crippen LogP) is 1.91. The molecule has 0 amide bonds. The number of sulfonamides is 1. The molecule has 84 valence electrons. The molecule has 0 spiro atoms. The molecule has 0 aromatic heterocycles. The van der Waals surface area contributed by atoms with Crippen LogP contribution in [0, 0.1) is 13.8 Å². The highest BCUT2D eigenvalue weighted by Gasteiger charge is 2.12. The minimum absolute atomic E-state index is 0.181. The number of nitrogens with one attached hydrogen (secondary N) is 1. The molecule has 0 heterocycles. The molecule has 0 saturated carbocycles. The molecule has 3 nitrogen and oxygen atoms in total. The minimum atomic E-state index is -3.15. The van der Waals surface area contributed by atoms with Crippen molar-refractivity contribution in [1.82, 2.24) is 4.72 Å². The van der Waals surface area contributed by atoms with E-state index in [0.29, 0.717) is 0 Å². The molecule has 0 aliphatic heterocycles. The summed E-state index contributed by atoms with van der Waals surface area (Å²) >= 11 is 0. The number of hydrogen-bond donors (Lipinski definition) is 1. The minimum Gasteiger partial charge on any atom is -0.213 e. The van der Waals surface area contributed by atoms with E-state index in [4.69, 9.17) is 0 Å². The SMILES string of the molecule is Cc1ccc(C)c(C(C)NS(C)(=O)=O)c1. The van der Waals surface area contributed by atoms with Crippen LogP contribution in [0.5, 0.6) is 0 Å². The third-order valence-electron chi connectivity index (χ3n) is 2.29. The van der Waals surface area contributed by atoms with Gasteiger partial charge in [0.1, 0.15) is 0 Å². The first-order valence-electron chi connectivity index (χ1n) is 4.84. The van der Waals surface area contributed by atoms with Crippen molar-refractivity contribution < 1.29 is 8.42 Å². The second-order valence-electron chi connectivity index (χ2n) is 3.97. The summed E-state index contributed by atoms with van der Waals surface area (Å²) in [5.41, 5.74) is 3.27. The van der Waals surface area contributed by atoms with E-state index in [0.717, 1.165) is 16.7 Å². The van der Waals surface area contributed by atoms with E-state index in [1.165, 1.54) is 6.26 Å². The van der Waals surface area contributed by atoms with Gasteiger partial charge in [0.05, 0.1) is 6.26 Å². The van der Waals surface area contributed by atoms with Crippen LogP contribution in [0.15, 0.2) is 18.2 Å². The number of rotatable bonds is 3. The van der Waals surface area contributed by atoms with Crippen LogP contribution < -0.4 is 4.72 Å². The molecule has 1 rings (SSSR count). The summed E-state index contributed by atoms with van der Waals surface area (Å²) in [5, 5.41) is 0. The molecule has 0 fully saturated rings. The van der Waals surface area contributed by atoms with Crippen LogP contribution in [0.25, 0.3) is 0 Å². The summed E-state index contributed by atoms with van der Waals surface area (Å²) in [6.45, 7) is 5.83. The Labute approximate surface area is 91.6 Å². The molecule has 0 bridgehead atoms. The van der Waals surface area contributed by atoms with E-state index >= 15 is 0 Å². The second-order valence-corrected chi connectivity index (χ2v) is 5.75. The largest absolute Gasteiger partial charge is 0.213 e. The van der Waals surface area contributed by atoms with Gasteiger partial charge in [-0.2, -0.15) is 0 Å². The fraction of sp³-hybridized carbons (Fsp3) is 0.455. The first-order valence-corrected chi connectivity index (χ1v) is 6.73. The highest BCUT2D eigenvalue weighted by molar-refractivity contribution is 7.88. The monoisotopic (exact) mass is 227 g/mol. The van der Waals surface area contributed by atoms with Crippen LogP contribution in [-0.2, 0) is 10.0 Å². The highest BCUT2D eigenvalue weighted by Crippen LogP contribution is 2.19. The van der Waals surface area contributed by atoms with Crippen LogP contribution in [0.2, 0.25) is 0 Å². The van der Waals surface area contributed by atoms with Gasteiger partial charge in [0.25, 0.3) is 0 Å². The molecule has 1 N–H and O–H groups in total. The third-order valence-corrected chi connectivity index (χ3v) is 3.07. The fourth-order valence-electron chi connectivity index (χ4n) is 1.61. The molecule has 4 heteroatoms. The topological polar surface area (TPSA) is 46.2 Å². The van der Waals surface area contributed by atoms with Crippen LogP contribution in [0.4, 0.5) is 0 Å². The first kappa shape index (κ1) is 12.2. The lowest BCUT2D eigenvalue weighted by molar-refractivity contribution is 0.572. The summed E-state index contributed by atoms with van der Waals surface area (Å²) < 4.78 is 24.8. The number of hydrogen-bond acceptors (Lipinski definition) is 2. The summed E-state index contributed by atoms with van der Waals surface area (Å²) in [6.07, 6.45) is 1.18. The summed E-state index contributed by atoms with van der Waals surface area (Å²) in [5.74, 6) is 0. The maximum absolute atomic E-state index is 11.1. The summed E-state index contributed by atoms with van der Waals surface area (Å²) in [7, 11) is -3.15. The zero-order chi connectivity index (χ0) is 11.6. The molecular formula is C11H17NO2S. The van der Waals surface area contributed by atoms with Gasteiger partial charge < -0.3 is 0 Å². The van der Waals surface area contributed by atoms with E-state index in [2.05, 4.69) is 4.72 Å². The molecule has 0 saturated heterocycles. The van der Waals surface area contributed by atoms with Gasteiger partial charge in [0.2, 0.25) is 10.0 Å². The summed E-state index contributed by atoms with van der Waals surface area (Å²) in [6, 6.07) is 5.86. The zero-order valence-corrected chi connectivity index (χ0v) is 10.4. The average molecular weight is 227 g/mol. The van der Waals surface area contributed by atoms with E-state index in [-0.39, 0.29) is 6.04 Å². The van der Waals surface area contributed by atoms with Gasteiger partial charge in [-0.1, -0.05) is 23.8 Å². The van der Waals surface area contributed by atoms with E-state index < -0.39 is 10.0 Å². The van der Waals surface area contributed by atoms with Gasteiger partial charge in [-0.05, 0) is 31.9 Å². The van der Waals surface area contributed by atoms with Gasteiger partial charge in [-0.3, -0.25) is 0 Å². The Hall–Kier alpha value is -0.870. The second kappa shape index (κ2) is 4.33. The third kappa shape index (κ3) is 3.64. The smallest absolute Gasteiger partial charge is 0.209 e. The van der Waals surface area contributed by atoms with Crippen molar-refractivity contribution in [1.29, 1.82) is 0 Å². The normalized spacial score (nSPS) is 13.9. The van der Waals surface area contributed by atoms with Crippen molar-refractivity contribution in [3.05, 3.63) is 34.9 Å². The van der Waals surface area contributed by atoms with E-state index in [9.17, 15) is 8.42 Å². The van der Waals surface area contributed by atoms with Crippen molar-refractivity contribution >= 4 is 10.0 Å². The van der Waals surface area contributed by atoms with Crippen molar-refractivity contribution in [3.8, 4) is 0 Å². The number of aryl methyl sites for hydroxylation is 2. The standard InChI is InChI=1S/C11H17NO2S/c1-8-5-6-9(2)11(7-8)10(3)12-15(4,13)14/h5-7,10,12H,1-4H3. The fourth-order valence-corrected chi connectivity index (χ4v) is 2.38. The molecule has 15 heavy (non-hydrogen) atoms. The Bertz CT molecular complexity index is 452. The lowest BCUT2D eigenvalue weighted by Crippen LogP contribution is -2.25. The van der Waals surface area contributed by atoms with Crippen molar-refractivity contribution in [2.24, 2.45) is 0 Å². The summed E-state index contributed by atoms with van der Waals surface area (Å²) in [4.78, 5) is 0. The van der Waals surface area contributed by atoms with Gasteiger partial charge in [-0.25, -0.2) is 13.1 Å². The van der Waals surface area contributed by atoms with E-state index in [1.807, 2.05) is 39.0 Å². The lowest BCUT2D eigenvalue weighted by atomic mass is 10.0. The highest BCUT2D eigenvalue weighted by atomic mass is 32.2. The quantitative estimate of drug-likeness (QED) is 0.857. The van der Waals surface area contributed by atoms with Crippen molar-refractivity contribution in [2.45, 2.75) is 26.8 Å². The predicted molar refractivity (Wildman–Crippen MR) is 62.3 cm³/mol. The Kier molecular flexibility index (Phi) is 3.52. The Morgan fingerprint density at radius 2 is 1.87 bits per heavy atom. The van der Waals surface area contributed by atoms with Gasteiger partial charge in [-0.15, -0.1) is 0 Å². The maximum atomic E-state index is 11.1. The molecule has 0 aliphatic rings. The average Bonchev–Trinajstić information content (AvgIpc) is 2.06. The van der Waals surface area contributed by atoms with Crippen molar-refractivity contribution in [3.63, 3.8) is 0 Å². The molecule has 1 aromatic carbocycles. The molecular weight excluding hydrogens is 210 g/mol. The Morgan fingerprint density at radius 3 is 2.40 bits per heavy atom. The van der Waals surface area contributed by atoms with Gasteiger partial charge in [0.15, 0.2) is 0 Å². The van der Waals surface area contributed by atoms with Crippen LogP contribution >= 0.6 is 0 Å². The molecule has 1 aromatic rings. The lowest BCUT2D eigenvalue weighted by Gasteiger charge is -2.15. The van der Waals surface area contributed by atoms with Crippen LogP contribution in [0.3, 0.4) is 0 Å². The molecule has 0 aliphatic carbocycles.